The fourth-order valence-corrected chi connectivity index (χ4v) is 4.41. The Morgan fingerprint density at radius 3 is 2.15 bits per heavy atom. The van der Waals surface area contributed by atoms with Crippen LogP contribution < -0.4 is 10.6 Å². The van der Waals surface area contributed by atoms with Gasteiger partial charge >= 0.3 is 5.97 Å². The van der Waals surface area contributed by atoms with Crippen molar-refractivity contribution in [2.75, 3.05) is 5.32 Å². The molecule has 0 spiro atoms. The molecule has 1 aliphatic rings. The first-order chi connectivity index (χ1) is 16.3. The number of aliphatic carboxylic acids is 1. The van der Waals surface area contributed by atoms with Crippen LogP contribution in [-0.2, 0) is 15.0 Å². The number of hydrogen-bond acceptors (Lipinski definition) is 4. The van der Waals surface area contributed by atoms with Crippen molar-refractivity contribution in [3.8, 4) is 0 Å². The molecular formula is C25H21Cl2N3O4. The lowest BCUT2D eigenvalue weighted by atomic mass is 9.93. The van der Waals surface area contributed by atoms with E-state index >= 15 is 0 Å². The van der Waals surface area contributed by atoms with Crippen molar-refractivity contribution in [1.82, 2.24) is 10.3 Å². The van der Waals surface area contributed by atoms with E-state index in [0.717, 1.165) is 5.56 Å². The first kappa shape index (κ1) is 23.7. The molecule has 1 atom stereocenters. The van der Waals surface area contributed by atoms with E-state index in [-0.39, 0.29) is 27.9 Å². The van der Waals surface area contributed by atoms with E-state index in [2.05, 4.69) is 15.6 Å². The van der Waals surface area contributed by atoms with Crippen LogP contribution in [0.25, 0.3) is 0 Å². The van der Waals surface area contributed by atoms with Crippen LogP contribution in [-0.4, -0.2) is 27.9 Å². The number of amides is 2. The Bertz CT molecular complexity index is 1210. The van der Waals surface area contributed by atoms with Gasteiger partial charge in [0, 0.05) is 18.1 Å². The van der Waals surface area contributed by atoms with Crippen LogP contribution in [0.1, 0.15) is 46.8 Å². The van der Waals surface area contributed by atoms with E-state index in [0.29, 0.717) is 24.1 Å². The molecule has 3 aromatic rings. The van der Waals surface area contributed by atoms with Crippen molar-refractivity contribution in [3.05, 3.63) is 93.7 Å². The van der Waals surface area contributed by atoms with Crippen LogP contribution >= 0.6 is 23.2 Å². The van der Waals surface area contributed by atoms with E-state index < -0.39 is 23.3 Å². The molecule has 1 heterocycles. The molecule has 1 fully saturated rings. The van der Waals surface area contributed by atoms with Crippen LogP contribution in [0.2, 0.25) is 10.0 Å². The number of halogens is 2. The lowest BCUT2D eigenvalue weighted by Gasteiger charge is -2.22. The van der Waals surface area contributed by atoms with Crippen molar-refractivity contribution >= 4 is 46.7 Å². The number of benzene rings is 2. The van der Waals surface area contributed by atoms with Gasteiger partial charge in [0.25, 0.3) is 5.91 Å². The van der Waals surface area contributed by atoms with Crippen molar-refractivity contribution in [1.29, 1.82) is 0 Å². The number of pyridine rings is 1. The highest BCUT2D eigenvalue weighted by Gasteiger charge is 2.51. The lowest BCUT2D eigenvalue weighted by molar-refractivity contribution is -0.137. The van der Waals surface area contributed by atoms with Crippen LogP contribution in [0.4, 0.5) is 5.69 Å². The van der Waals surface area contributed by atoms with E-state index in [1.165, 1.54) is 12.4 Å². The van der Waals surface area contributed by atoms with Crippen LogP contribution in [0.15, 0.2) is 67.0 Å². The Labute approximate surface area is 206 Å². The van der Waals surface area contributed by atoms with Gasteiger partial charge in [0.05, 0.1) is 33.5 Å². The predicted octanol–water partition coefficient (Wildman–Crippen LogP) is 5.00. The molecule has 0 bridgehead atoms. The molecule has 4 rings (SSSR count). The normalized spacial score (nSPS) is 14.6. The summed E-state index contributed by atoms with van der Waals surface area (Å²) in [6.45, 7) is 0. The monoisotopic (exact) mass is 497 g/mol. The molecule has 0 radical (unpaired) electrons. The average Bonchev–Trinajstić information content (AvgIpc) is 3.62. The maximum absolute atomic E-state index is 13.1. The molecule has 2 amide bonds. The SMILES string of the molecule is O=C(O)CC(NC(=O)C1(c2ccccc2)CC1)c1ccc(NC(=O)c2c(Cl)cncc2Cl)cc1. The highest BCUT2D eigenvalue weighted by Crippen LogP contribution is 2.48. The van der Waals surface area contributed by atoms with Crippen molar-refractivity contribution < 1.29 is 19.5 Å². The summed E-state index contributed by atoms with van der Waals surface area (Å²) >= 11 is 12.1. The third-order valence-corrected chi connectivity index (χ3v) is 6.42. The maximum Gasteiger partial charge on any atom is 0.305 e. The third kappa shape index (κ3) is 5.05. The number of nitrogens with one attached hydrogen (secondary N) is 2. The number of anilines is 1. The number of carbonyl (C=O) groups is 3. The van der Waals surface area contributed by atoms with E-state index in [1.54, 1.807) is 24.3 Å². The lowest BCUT2D eigenvalue weighted by Crippen LogP contribution is -2.38. The molecule has 2 aromatic carbocycles. The highest BCUT2D eigenvalue weighted by molar-refractivity contribution is 6.40. The summed E-state index contributed by atoms with van der Waals surface area (Å²) < 4.78 is 0. The summed E-state index contributed by atoms with van der Waals surface area (Å²) in [7, 11) is 0. The fourth-order valence-electron chi connectivity index (χ4n) is 3.87. The van der Waals surface area contributed by atoms with Gasteiger partial charge in [-0.05, 0) is 36.1 Å². The second kappa shape index (κ2) is 9.83. The molecule has 9 heteroatoms. The standard InChI is InChI=1S/C25H21Cl2N3O4/c26-18-13-28-14-19(27)22(18)23(33)29-17-8-6-15(7-9-17)20(12-21(31)32)30-24(34)25(10-11-25)16-4-2-1-3-5-16/h1-9,13-14,20H,10-12H2,(H,29,33)(H,30,34)(H,31,32). The van der Waals surface area contributed by atoms with Crippen LogP contribution in [0.3, 0.4) is 0 Å². The number of carboxylic acids is 1. The molecule has 3 N–H and O–H groups in total. The van der Waals surface area contributed by atoms with Gasteiger partial charge < -0.3 is 15.7 Å². The Morgan fingerprint density at radius 1 is 0.971 bits per heavy atom. The number of nitrogens with zero attached hydrogens (tertiary/aromatic N) is 1. The number of rotatable bonds is 8. The van der Waals surface area contributed by atoms with Crippen LogP contribution in [0.5, 0.6) is 0 Å². The Morgan fingerprint density at radius 2 is 1.59 bits per heavy atom. The van der Waals surface area contributed by atoms with Gasteiger partial charge in [-0.3, -0.25) is 19.4 Å². The number of aromatic nitrogens is 1. The topological polar surface area (TPSA) is 108 Å². The Hall–Kier alpha value is -3.42. The van der Waals surface area contributed by atoms with Gasteiger partial charge in [-0.15, -0.1) is 0 Å². The summed E-state index contributed by atoms with van der Waals surface area (Å²) in [6.07, 6.45) is 3.81. The van der Waals surface area contributed by atoms with Crippen molar-refractivity contribution in [2.45, 2.75) is 30.7 Å². The molecule has 174 valence electrons. The van der Waals surface area contributed by atoms with Crippen molar-refractivity contribution in [2.24, 2.45) is 0 Å². The predicted molar refractivity (Wildman–Crippen MR) is 129 cm³/mol. The van der Waals surface area contributed by atoms with Gasteiger partial charge in [-0.1, -0.05) is 65.7 Å². The second-order valence-corrected chi connectivity index (χ2v) is 8.94. The number of carbonyl (C=O) groups excluding carboxylic acids is 2. The minimum atomic E-state index is -1.03. The molecule has 1 unspecified atom stereocenters. The van der Waals surface area contributed by atoms with Crippen LogP contribution in [0, 0.1) is 0 Å². The third-order valence-electron chi connectivity index (χ3n) is 5.85. The largest absolute Gasteiger partial charge is 0.481 e. The zero-order valence-electron chi connectivity index (χ0n) is 17.9. The Balaban J connectivity index is 1.50. The highest BCUT2D eigenvalue weighted by atomic mass is 35.5. The summed E-state index contributed by atoms with van der Waals surface area (Å²) in [5.74, 6) is -1.72. The van der Waals surface area contributed by atoms with Gasteiger partial charge in [-0.25, -0.2) is 0 Å². The summed E-state index contributed by atoms with van der Waals surface area (Å²) in [6, 6.07) is 15.4. The fraction of sp³-hybridized carbons (Fsp3) is 0.200. The smallest absolute Gasteiger partial charge is 0.305 e. The van der Waals surface area contributed by atoms with E-state index in [1.807, 2.05) is 30.3 Å². The van der Waals surface area contributed by atoms with E-state index in [4.69, 9.17) is 23.2 Å². The quantitative estimate of drug-likeness (QED) is 0.405. The second-order valence-electron chi connectivity index (χ2n) is 8.13. The first-order valence-electron chi connectivity index (χ1n) is 10.6. The molecule has 0 saturated heterocycles. The summed E-state index contributed by atoms with van der Waals surface area (Å²) in [4.78, 5) is 41.0. The van der Waals surface area contributed by atoms with Gasteiger partial charge in [0.15, 0.2) is 0 Å². The molecule has 1 aromatic heterocycles. The molecule has 1 aliphatic carbocycles. The average molecular weight is 498 g/mol. The van der Waals surface area contributed by atoms with Crippen molar-refractivity contribution in [3.63, 3.8) is 0 Å². The Kier molecular flexibility index (Phi) is 6.86. The van der Waals surface area contributed by atoms with Gasteiger partial charge in [-0.2, -0.15) is 0 Å². The first-order valence-corrected chi connectivity index (χ1v) is 11.3. The minimum absolute atomic E-state index is 0.106. The maximum atomic E-state index is 13.1. The number of hydrogen-bond donors (Lipinski definition) is 3. The summed E-state index contributed by atoms with van der Waals surface area (Å²) in [5, 5.41) is 15.3. The molecule has 34 heavy (non-hydrogen) atoms. The minimum Gasteiger partial charge on any atom is -0.481 e. The van der Waals surface area contributed by atoms with Gasteiger partial charge in [0.2, 0.25) is 5.91 Å². The molecule has 0 aliphatic heterocycles. The van der Waals surface area contributed by atoms with E-state index in [9.17, 15) is 19.5 Å². The summed E-state index contributed by atoms with van der Waals surface area (Å²) in [5.41, 5.74) is 1.48. The zero-order valence-corrected chi connectivity index (χ0v) is 19.4. The molecule has 1 saturated carbocycles. The molecular weight excluding hydrogens is 477 g/mol. The molecule has 7 nitrogen and oxygen atoms in total. The van der Waals surface area contributed by atoms with Gasteiger partial charge in [0.1, 0.15) is 0 Å². The number of carboxylic acid groups (broad SMARTS) is 1. The zero-order chi connectivity index (χ0) is 24.3.